The zero-order valence-corrected chi connectivity index (χ0v) is 7.63. The van der Waals surface area contributed by atoms with E-state index in [2.05, 4.69) is 5.32 Å². The van der Waals surface area contributed by atoms with Gasteiger partial charge in [-0.3, -0.25) is 9.59 Å². The average Bonchev–Trinajstić information content (AvgIpc) is 2.15. The highest BCUT2D eigenvalue weighted by Gasteiger charge is 2.13. The van der Waals surface area contributed by atoms with E-state index in [0.29, 0.717) is 5.56 Å². The van der Waals surface area contributed by atoms with Gasteiger partial charge in [-0.1, -0.05) is 23.8 Å². The highest BCUT2D eigenvalue weighted by Crippen LogP contribution is 2.04. The maximum atomic E-state index is 11.3. The van der Waals surface area contributed by atoms with E-state index in [1.807, 2.05) is 13.0 Å². The molecule has 3 nitrogen and oxygen atoms in total. The van der Waals surface area contributed by atoms with Crippen LogP contribution in [0, 0.1) is 6.92 Å². The van der Waals surface area contributed by atoms with Crippen LogP contribution >= 0.6 is 0 Å². The summed E-state index contributed by atoms with van der Waals surface area (Å²) in [6.07, 6.45) is 0. The fourth-order valence-corrected chi connectivity index (χ4v) is 1.03. The van der Waals surface area contributed by atoms with Crippen LogP contribution < -0.4 is 5.32 Å². The van der Waals surface area contributed by atoms with Crippen molar-refractivity contribution in [1.82, 2.24) is 5.32 Å². The van der Waals surface area contributed by atoms with Crippen LogP contribution in [0.3, 0.4) is 0 Å². The van der Waals surface area contributed by atoms with E-state index < -0.39 is 11.7 Å². The maximum absolute atomic E-state index is 11.3. The quantitative estimate of drug-likeness (QED) is 0.539. The molecule has 0 aliphatic rings. The number of rotatable bonds is 2. The Morgan fingerprint density at radius 2 is 2.00 bits per heavy atom. The molecular weight excluding hydrogens is 166 g/mol. The van der Waals surface area contributed by atoms with Crippen LogP contribution in [0.4, 0.5) is 0 Å². The van der Waals surface area contributed by atoms with Crippen LogP contribution in [0.5, 0.6) is 0 Å². The summed E-state index contributed by atoms with van der Waals surface area (Å²) in [5.74, 6) is -1.07. The van der Waals surface area contributed by atoms with Crippen molar-refractivity contribution in [1.29, 1.82) is 0 Å². The van der Waals surface area contributed by atoms with E-state index in [1.54, 1.807) is 18.2 Å². The first-order valence-electron chi connectivity index (χ1n) is 3.98. The summed E-state index contributed by atoms with van der Waals surface area (Å²) in [5.41, 5.74) is 1.40. The topological polar surface area (TPSA) is 46.2 Å². The Bertz CT molecular complexity index is 345. The minimum Gasteiger partial charge on any atom is -0.352 e. The van der Waals surface area contributed by atoms with Crippen molar-refractivity contribution in [2.45, 2.75) is 6.92 Å². The fourth-order valence-electron chi connectivity index (χ4n) is 1.03. The molecular formula is C10H11NO2. The van der Waals surface area contributed by atoms with Gasteiger partial charge in [-0.15, -0.1) is 0 Å². The third-order valence-corrected chi connectivity index (χ3v) is 1.71. The number of likely N-dealkylation sites (N-methyl/N-ethyl adjacent to an activating group) is 1. The number of amides is 1. The van der Waals surface area contributed by atoms with E-state index in [-0.39, 0.29) is 0 Å². The van der Waals surface area contributed by atoms with Crippen molar-refractivity contribution in [3.05, 3.63) is 35.4 Å². The molecule has 0 bridgehead atoms. The lowest BCUT2D eigenvalue weighted by Crippen LogP contribution is -2.27. The molecule has 1 rings (SSSR count). The third-order valence-electron chi connectivity index (χ3n) is 1.71. The number of Topliss-reactive ketones (excluding diaryl/α,β-unsaturated/α-hetero) is 1. The third kappa shape index (κ3) is 2.15. The van der Waals surface area contributed by atoms with Gasteiger partial charge in [-0.25, -0.2) is 0 Å². The van der Waals surface area contributed by atoms with Gasteiger partial charge in [-0.2, -0.15) is 0 Å². The van der Waals surface area contributed by atoms with Crippen molar-refractivity contribution < 1.29 is 9.59 Å². The van der Waals surface area contributed by atoms with Crippen LogP contribution in [-0.4, -0.2) is 18.7 Å². The number of hydrogen-bond donors (Lipinski definition) is 1. The predicted molar refractivity (Wildman–Crippen MR) is 49.6 cm³/mol. The molecule has 0 fully saturated rings. The Labute approximate surface area is 76.8 Å². The van der Waals surface area contributed by atoms with Crippen LogP contribution in [0.15, 0.2) is 24.3 Å². The normalized spacial score (nSPS) is 9.38. The van der Waals surface area contributed by atoms with Gasteiger partial charge in [0.05, 0.1) is 0 Å². The van der Waals surface area contributed by atoms with Gasteiger partial charge in [0.15, 0.2) is 0 Å². The van der Waals surface area contributed by atoms with E-state index in [4.69, 9.17) is 0 Å². The van der Waals surface area contributed by atoms with Gasteiger partial charge in [0.2, 0.25) is 5.78 Å². The molecule has 0 unspecified atom stereocenters. The summed E-state index contributed by atoms with van der Waals surface area (Å²) in [6, 6.07) is 6.95. The molecule has 0 saturated carbocycles. The number of ketones is 1. The standard InChI is InChI=1S/C10H11NO2/c1-7-4-3-5-8(6-7)9(12)10(13)11-2/h3-6H,1-2H3,(H,11,13). The van der Waals surface area contributed by atoms with Crippen molar-refractivity contribution >= 4 is 11.7 Å². The smallest absolute Gasteiger partial charge is 0.292 e. The van der Waals surface area contributed by atoms with Gasteiger partial charge in [-0.05, 0) is 13.0 Å². The molecule has 0 saturated heterocycles. The second kappa shape index (κ2) is 3.85. The largest absolute Gasteiger partial charge is 0.352 e. The SMILES string of the molecule is CNC(=O)C(=O)c1cccc(C)c1. The molecule has 1 N–H and O–H groups in total. The number of benzene rings is 1. The second-order valence-electron chi connectivity index (χ2n) is 2.78. The maximum Gasteiger partial charge on any atom is 0.292 e. The second-order valence-corrected chi connectivity index (χ2v) is 2.78. The molecule has 0 aliphatic carbocycles. The van der Waals surface area contributed by atoms with Gasteiger partial charge < -0.3 is 5.32 Å². The fraction of sp³-hybridized carbons (Fsp3) is 0.200. The van der Waals surface area contributed by atoms with E-state index >= 15 is 0 Å². The Kier molecular flexibility index (Phi) is 2.80. The van der Waals surface area contributed by atoms with Gasteiger partial charge in [0.25, 0.3) is 5.91 Å². The van der Waals surface area contributed by atoms with Crippen LogP contribution in [0.1, 0.15) is 15.9 Å². The van der Waals surface area contributed by atoms with E-state index in [0.717, 1.165) is 5.56 Å². The summed E-state index contributed by atoms with van der Waals surface area (Å²) >= 11 is 0. The molecule has 1 aromatic carbocycles. The number of hydrogen-bond acceptors (Lipinski definition) is 2. The van der Waals surface area contributed by atoms with Crippen LogP contribution in [0.2, 0.25) is 0 Å². The average molecular weight is 177 g/mol. The number of aryl methyl sites for hydroxylation is 1. The summed E-state index contributed by atoms with van der Waals surface area (Å²) in [5, 5.41) is 2.29. The highest BCUT2D eigenvalue weighted by molar-refractivity contribution is 6.42. The van der Waals surface area contributed by atoms with Crippen molar-refractivity contribution in [3.63, 3.8) is 0 Å². The van der Waals surface area contributed by atoms with Crippen molar-refractivity contribution in [2.75, 3.05) is 7.05 Å². The lowest BCUT2D eigenvalue weighted by atomic mass is 10.1. The summed E-state index contributed by atoms with van der Waals surface area (Å²) in [6.45, 7) is 1.88. The summed E-state index contributed by atoms with van der Waals surface area (Å²) in [4.78, 5) is 22.3. The number of carbonyl (C=O) groups is 2. The monoisotopic (exact) mass is 177 g/mol. The number of nitrogens with one attached hydrogen (secondary N) is 1. The Hall–Kier alpha value is -1.64. The minimum atomic E-state index is -0.578. The Balaban J connectivity index is 2.95. The molecule has 0 heterocycles. The molecule has 1 aromatic rings. The van der Waals surface area contributed by atoms with Crippen molar-refractivity contribution in [2.24, 2.45) is 0 Å². The summed E-state index contributed by atoms with van der Waals surface area (Å²) < 4.78 is 0. The Morgan fingerprint density at radius 1 is 1.31 bits per heavy atom. The molecule has 13 heavy (non-hydrogen) atoms. The van der Waals surface area contributed by atoms with E-state index in [9.17, 15) is 9.59 Å². The molecule has 0 aliphatic heterocycles. The molecule has 3 heteroatoms. The van der Waals surface area contributed by atoms with Crippen LogP contribution in [0.25, 0.3) is 0 Å². The number of carbonyl (C=O) groups excluding carboxylic acids is 2. The summed E-state index contributed by atoms with van der Waals surface area (Å²) in [7, 11) is 1.44. The van der Waals surface area contributed by atoms with Crippen LogP contribution in [-0.2, 0) is 4.79 Å². The molecule has 0 spiro atoms. The van der Waals surface area contributed by atoms with Crippen molar-refractivity contribution in [3.8, 4) is 0 Å². The lowest BCUT2D eigenvalue weighted by molar-refractivity contribution is -0.116. The first-order chi connectivity index (χ1) is 6.15. The van der Waals surface area contributed by atoms with Gasteiger partial charge >= 0.3 is 0 Å². The molecule has 1 amide bonds. The predicted octanol–water partition coefficient (Wildman–Crippen LogP) is 0.924. The molecule has 68 valence electrons. The van der Waals surface area contributed by atoms with E-state index in [1.165, 1.54) is 7.05 Å². The molecule has 0 aromatic heterocycles. The zero-order valence-electron chi connectivity index (χ0n) is 7.63. The Morgan fingerprint density at radius 3 is 2.54 bits per heavy atom. The zero-order chi connectivity index (χ0) is 9.84. The van der Waals surface area contributed by atoms with Gasteiger partial charge in [0, 0.05) is 12.6 Å². The van der Waals surface area contributed by atoms with Gasteiger partial charge in [0.1, 0.15) is 0 Å². The lowest BCUT2D eigenvalue weighted by Gasteiger charge is -1.99. The molecule has 0 radical (unpaired) electrons. The first kappa shape index (κ1) is 9.45. The first-order valence-corrected chi connectivity index (χ1v) is 3.98. The minimum absolute atomic E-state index is 0.430. The molecule has 0 atom stereocenters. The highest BCUT2D eigenvalue weighted by atomic mass is 16.2.